The van der Waals surface area contributed by atoms with Gasteiger partial charge in [0.05, 0.1) is 31.6 Å². The molecule has 31 heavy (non-hydrogen) atoms. The molecule has 2 aromatic carbocycles. The summed E-state index contributed by atoms with van der Waals surface area (Å²) in [6.07, 6.45) is 2.68. The highest BCUT2D eigenvalue weighted by Gasteiger charge is 2.23. The van der Waals surface area contributed by atoms with E-state index < -0.39 is 6.10 Å². The van der Waals surface area contributed by atoms with E-state index in [9.17, 15) is 4.79 Å². The molecule has 1 aromatic heterocycles. The van der Waals surface area contributed by atoms with Crippen LogP contribution in [-0.2, 0) is 16.1 Å². The molecular weight excluding hydrogens is 416 g/mol. The molecule has 2 heterocycles. The fourth-order valence-electron chi connectivity index (χ4n) is 3.38. The van der Waals surface area contributed by atoms with Crippen LogP contribution in [0.1, 0.15) is 11.7 Å². The number of carbonyl (C=O) groups excluding carboxylic acids is 1. The highest BCUT2D eigenvalue weighted by Crippen LogP contribution is 2.25. The van der Waals surface area contributed by atoms with Crippen LogP contribution >= 0.6 is 11.6 Å². The van der Waals surface area contributed by atoms with Crippen molar-refractivity contribution in [3.63, 3.8) is 0 Å². The van der Waals surface area contributed by atoms with E-state index >= 15 is 0 Å². The number of aromatic nitrogens is 2. The van der Waals surface area contributed by atoms with E-state index in [0.717, 1.165) is 45.0 Å². The van der Waals surface area contributed by atoms with Gasteiger partial charge in [-0.1, -0.05) is 41.9 Å². The molecule has 0 radical (unpaired) electrons. The first-order valence-corrected chi connectivity index (χ1v) is 10.7. The highest BCUT2D eigenvalue weighted by atomic mass is 35.5. The van der Waals surface area contributed by atoms with E-state index in [1.807, 2.05) is 41.2 Å². The molecule has 1 aliphatic rings. The molecule has 0 spiro atoms. The van der Waals surface area contributed by atoms with Gasteiger partial charge in [0.1, 0.15) is 5.75 Å². The zero-order valence-corrected chi connectivity index (χ0v) is 17.9. The van der Waals surface area contributed by atoms with Gasteiger partial charge in [0.2, 0.25) is 6.10 Å². The van der Waals surface area contributed by atoms with E-state index in [0.29, 0.717) is 16.5 Å². The van der Waals surface area contributed by atoms with Crippen molar-refractivity contribution in [2.75, 3.05) is 38.2 Å². The van der Waals surface area contributed by atoms with Gasteiger partial charge in [-0.2, -0.15) is 5.10 Å². The van der Waals surface area contributed by atoms with Crippen LogP contribution in [0.4, 0.5) is 5.69 Å². The Kier molecular flexibility index (Phi) is 7.19. The maximum absolute atomic E-state index is 13.1. The van der Waals surface area contributed by atoms with Gasteiger partial charge in [0.25, 0.3) is 5.91 Å². The second-order valence-electron chi connectivity index (χ2n) is 7.30. The number of nitrogens with zero attached hydrogens (tertiary/aromatic N) is 3. The van der Waals surface area contributed by atoms with Crippen LogP contribution in [0.5, 0.6) is 5.75 Å². The Morgan fingerprint density at radius 2 is 1.84 bits per heavy atom. The maximum Gasteiger partial charge on any atom is 0.270 e. The maximum atomic E-state index is 13.1. The van der Waals surface area contributed by atoms with E-state index in [2.05, 4.69) is 15.3 Å². The Morgan fingerprint density at radius 3 is 2.58 bits per heavy atom. The van der Waals surface area contributed by atoms with Crippen molar-refractivity contribution in [1.82, 2.24) is 14.7 Å². The standard InChI is InChI=1S/C23H25ClN4O3/c24-19-6-8-21(9-7-19)31-22(18-4-2-1-3-5-18)23(29)26-20-16-25-28(17-20)11-10-27-12-14-30-15-13-27/h1-9,16-17,22H,10-15H2,(H,26,29). The third-order valence-electron chi connectivity index (χ3n) is 5.06. The van der Waals surface area contributed by atoms with Gasteiger partial charge < -0.3 is 14.8 Å². The molecule has 0 saturated carbocycles. The third-order valence-corrected chi connectivity index (χ3v) is 5.31. The third kappa shape index (κ3) is 6.07. The van der Waals surface area contributed by atoms with Gasteiger partial charge in [0.15, 0.2) is 0 Å². The predicted molar refractivity (Wildman–Crippen MR) is 119 cm³/mol. The summed E-state index contributed by atoms with van der Waals surface area (Å²) in [6.45, 7) is 5.06. The summed E-state index contributed by atoms with van der Waals surface area (Å²) in [7, 11) is 0. The molecule has 162 valence electrons. The predicted octanol–water partition coefficient (Wildman–Crippen LogP) is 3.63. The molecule has 1 saturated heterocycles. The number of nitrogens with one attached hydrogen (secondary N) is 1. The largest absolute Gasteiger partial charge is 0.476 e. The summed E-state index contributed by atoms with van der Waals surface area (Å²) in [6, 6.07) is 16.3. The van der Waals surface area contributed by atoms with E-state index in [1.165, 1.54) is 0 Å². The number of morpholine rings is 1. The van der Waals surface area contributed by atoms with Crippen LogP contribution in [0.2, 0.25) is 5.02 Å². The first kappa shape index (κ1) is 21.4. The molecule has 1 N–H and O–H groups in total. The molecule has 1 unspecified atom stereocenters. The van der Waals surface area contributed by atoms with Gasteiger partial charge in [-0.3, -0.25) is 14.4 Å². The minimum absolute atomic E-state index is 0.270. The van der Waals surface area contributed by atoms with Crippen molar-refractivity contribution in [3.05, 3.63) is 77.6 Å². The lowest BCUT2D eigenvalue weighted by Gasteiger charge is -2.26. The van der Waals surface area contributed by atoms with Crippen molar-refractivity contribution in [2.45, 2.75) is 12.6 Å². The first-order valence-electron chi connectivity index (χ1n) is 10.3. The topological polar surface area (TPSA) is 68.6 Å². The fraction of sp³-hybridized carbons (Fsp3) is 0.304. The average Bonchev–Trinajstić information content (AvgIpc) is 3.25. The normalized spacial score (nSPS) is 15.4. The number of hydrogen-bond acceptors (Lipinski definition) is 5. The Hall–Kier alpha value is -2.87. The van der Waals surface area contributed by atoms with Crippen LogP contribution in [0.3, 0.4) is 0 Å². The minimum atomic E-state index is -0.806. The summed E-state index contributed by atoms with van der Waals surface area (Å²) in [4.78, 5) is 15.4. The Balaban J connectivity index is 1.41. The number of halogens is 1. The molecule has 7 nitrogen and oxygen atoms in total. The second kappa shape index (κ2) is 10.4. The SMILES string of the molecule is O=C(Nc1cnn(CCN2CCOCC2)c1)C(Oc1ccc(Cl)cc1)c1ccccc1. The fourth-order valence-corrected chi connectivity index (χ4v) is 3.50. The summed E-state index contributed by atoms with van der Waals surface area (Å²) < 4.78 is 13.2. The number of benzene rings is 2. The molecule has 3 aromatic rings. The lowest BCUT2D eigenvalue weighted by atomic mass is 10.1. The Morgan fingerprint density at radius 1 is 1.10 bits per heavy atom. The van der Waals surface area contributed by atoms with Gasteiger partial charge in [-0.25, -0.2) is 0 Å². The molecule has 1 atom stereocenters. The van der Waals surface area contributed by atoms with Gasteiger partial charge in [-0.05, 0) is 24.3 Å². The monoisotopic (exact) mass is 440 g/mol. The van der Waals surface area contributed by atoms with E-state index in [-0.39, 0.29) is 5.91 Å². The molecule has 0 aliphatic carbocycles. The van der Waals surface area contributed by atoms with Gasteiger partial charge in [-0.15, -0.1) is 0 Å². The number of carbonyl (C=O) groups is 1. The number of hydrogen-bond donors (Lipinski definition) is 1. The zero-order chi connectivity index (χ0) is 21.5. The molecule has 4 rings (SSSR count). The minimum Gasteiger partial charge on any atom is -0.476 e. The summed E-state index contributed by atoms with van der Waals surface area (Å²) in [5.74, 6) is 0.295. The number of anilines is 1. The number of ether oxygens (including phenoxy) is 2. The van der Waals surface area contributed by atoms with Crippen LogP contribution in [-0.4, -0.2) is 53.4 Å². The zero-order valence-electron chi connectivity index (χ0n) is 17.1. The summed E-state index contributed by atoms with van der Waals surface area (Å²) in [5.41, 5.74) is 1.39. The quantitative estimate of drug-likeness (QED) is 0.579. The average molecular weight is 441 g/mol. The van der Waals surface area contributed by atoms with Crippen molar-refractivity contribution in [3.8, 4) is 5.75 Å². The molecule has 1 fully saturated rings. The smallest absolute Gasteiger partial charge is 0.270 e. The van der Waals surface area contributed by atoms with E-state index in [4.69, 9.17) is 21.1 Å². The number of rotatable bonds is 8. The highest BCUT2D eigenvalue weighted by molar-refractivity contribution is 6.30. The van der Waals surface area contributed by atoms with Crippen molar-refractivity contribution in [1.29, 1.82) is 0 Å². The Labute approximate surface area is 186 Å². The summed E-state index contributed by atoms with van der Waals surface area (Å²) >= 11 is 5.96. The molecule has 1 aliphatic heterocycles. The van der Waals surface area contributed by atoms with Crippen LogP contribution < -0.4 is 10.1 Å². The molecule has 0 bridgehead atoms. The van der Waals surface area contributed by atoms with E-state index in [1.54, 1.807) is 30.5 Å². The van der Waals surface area contributed by atoms with Crippen LogP contribution in [0, 0.1) is 0 Å². The molecule has 8 heteroatoms. The second-order valence-corrected chi connectivity index (χ2v) is 7.73. The van der Waals surface area contributed by atoms with Crippen LogP contribution in [0.25, 0.3) is 0 Å². The lowest BCUT2D eigenvalue weighted by Crippen LogP contribution is -2.38. The lowest BCUT2D eigenvalue weighted by molar-refractivity contribution is -0.123. The number of amides is 1. The van der Waals surface area contributed by atoms with Gasteiger partial charge >= 0.3 is 0 Å². The van der Waals surface area contributed by atoms with Crippen molar-refractivity contribution in [2.24, 2.45) is 0 Å². The van der Waals surface area contributed by atoms with Crippen molar-refractivity contribution < 1.29 is 14.3 Å². The van der Waals surface area contributed by atoms with Crippen LogP contribution in [0.15, 0.2) is 67.0 Å². The first-order chi connectivity index (χ1) is 15.2. The van der Waals surface area contributed by atoms with Crippen molar-refractivity contribution >= 4 is 23.2 Å². The molecular formula is C23H25ClN4O3. The van der Waals surface area contributed by atoms with Gasteiger partial charge in [0, 0.05) is 36.4 Å². The molecule has 1 amide bonds. The summed E-state index contributed by atoms with van der Waals surface area (Å²) in [5, 5.41) is 7.90. The Bertz CT molecular complexity index is 972.